The number of amides is 1. The summed E-state index contributed by atoms with van der Waals surface area (Å²) in [4.78, 5) is 12.6. The Morgan fingerprint density at radius 3 is 2.56 bits per heavy atom. The largest absolute Gasteiger partial charge is 0.464 e. The van der Waals surface area contributed by atoms with Crippen LogP contribution in [0.3, 0.4) is 0 Å². The average molecular weight is 355 g/mol. The lowest BCUT2D eigenvalue weighted by molar-refractivity contribution is -0.120. The Morgan fingerprint density at radius 1 is 0.963 bits per heavy atom. The van der Waals surface area contributed by atoms with Crippen molar-refractivity contribution in [3.05, 3.63) is 84.1 Å². The molecule has 0 aliphatic heterocycles. The van der Waals surface area contributed by atoms with Crippen molar-refractivity contribution in [2.75, 3.05) is 6.54 Å². The maximum Gasteiger partial charge on any atom is 0.224 e. The number of benzene rings is 3. The van der Waals surface area contributed by atoms with Gasteiger partial charge in [-0.25, -0.2) is 0 Å². The van der Waals surface area contributed by atoms with E-state index in [0.717, 1.165) is 40.1 Å². The highest BCUT2D eigenvalue weighted by atomic mass is 16.3. The van der Waals surface area contributed by atoms with Gasteiger partial charge in [0.25, 0.3) is 0 Å². The normalized spacial score (nSPS) is 15.1. The zero-order valence-electron chi connectivity index (χ0n) is 15.1. The smallest absolute Gasteiger partial charge is 0.224 e. The summed E-state index contributed by atoms with van der Waals surface area (Å²) in [5.41, 5.74) is 3.23. The van der Waals surface area contributed by atoms with Crippen LogP contribution in [0.4, 0.5) is 0 Å². The first-order chi connectivity index (χ1) is 13.3. The highest BCUT2D eigenvalue weighted by molar-refractivity contribution is 6.08. The molecule has 0 unspecified atom stereocenters. The molecule has 0 bridgehead atoms. The van der Waals surface area contributed by atoms with Gasteiger partial charge in [-0.2, -0.15) is 0 Å². The van der Waals surface area contributed by atoms with Crippen molar-refractivity contribution in [1.29, 1.82) is 0 Å². The van der Waals surface area contributed by atoms with Crippen LogP contribution >= 0.6 is 0 Å². The molecule has 1 aromatic heterocycles. The minimum atomic E-state index is 0.0489. The number of hydrogen-bond donors (Lipinski definition) is 1. The lowest BCUT2D eigenvalue weighted by atomic mass is 9.96. The van der Waals surface area contributed by atoms with Gasteiger partial charge in [0.1, 0.15) is 5.58 Å². The van der Waals surface area contributed by atoms with Crippen molar-refractivity contribution >= 4 is 27.6 Å². The molecule has 1 fully saturated rings. The number of carbonyl (C=O) groups is 1. The summed E-state index contributed by atoms with van der Waals surface area (Å²) in [6.07, 6.45) is 4.33. The zero-order valence-corrected chi connectivity index (χ0v) is 15.1. The monoisotopic (exact) mass is 355 g/mol. The van der Waals surface area contributed by atoms with Crippen molar-refractivity contribution in [2.24, 2.45) is 0 Å². The third kappa shape index (κ3) is 2.89. The van der Waals surface area contributed by atoms with Crippen molar-refractivity contribution < 1.29 is 9.21 Å². The Bertz CT molecular complexity index is 1120. The maximum absolute atomic E-state index is 12.6. The first-order valence-electron chi connectivity index (χ1n) is 9.45. The Kier molecular flexibility index (Phi) is 3.75. The molecule has 1 heterocycles. The molecular formula is C24H21NO2. The Hall–Kier alpha value is -3.07. The molecule has 4 aromatic rings. The SMILES string of the molecule is O=C(Cc1coc2ccc3ccccc3c12)NCC1(c2ccccc2)CC1. The van der Waals surface area contributed by atoms with Crippen LogP contribution in [0.15, 0.2) is 77.4 Å². The molecule has 0 saturated heterocycles. The Balaban J connectivity index is 1.35. The van der Waals surface area contributed by atoms with Gasteiger partial charge in [-0.15, -0.1) is 0 Å². The van der Waals surface area contributed by atoms with E-state index in [1.54, 1.807) is 6.26 Å². The summed E-state index contributed by atoms with van der Waals surface area (Å²) in [6.45, 7) is 0.701. The molecule has 3 heteroatoms. The van der Waals surface area contributed by atoms with Gasteiger partial charge in [-0.1, -0.05) is 60.7 Å². The van der Waals surface area contributed by atoms with Gasteiger partial charge in [0.05, 0.1) is 12.7 Å². The summed E-state index contributed by atoms with van der Waals surface area (Å²) in [7, 11) is 0. The predicted molar refractivity (Wildman–Crippen MR) is 108 cm³/mol. The molecule has 1 N–H and O–H groups in total. The van der Waals surface area contributed by atoms with Crippen molar-refractivity contribution in [2.45, 2.75) is 24.7 Å². The number of hydrogen-bond acceptors (Lipinski definition) is 2. The number of nitrogens with one attached hydrogen (secondary N) is 1. The quantitative estimate of drug-likeness (QED) is 0.549. The lowest BCUT2D eigenvalue weighted by Gasteiger charge is -2.16. The van der Waals surface area contributed by atoms with E-state index in [9.17, 15) is 4.79 Å². The number of fused-ring (bicyclic) bond motifs is 3. The van der Waals surface area contributed by atoms with Crippen molar-refractivity contribution in [3.8, 4) is 0 Å². The van der Waals surface area contributed by atoms with Gasteiger partial charge in [0, 0.05) is 22.9 Å². The molecule has 3 nitrogen and oxygen atoms in total. The molecule has 0 atom stereocenters. The standard InChI is InChI=1S/C24H21NO2/c26-22(25-16-24(12-13-24)19-7-2-1-3-8-19)14-18-15-27-21-11-10-17-6-4-5-9-20(17)23(18)21/h1-11,15H,12-14,16H2,(H,25,26). The fraction of sp³-hybridized carbons (Fsp3) is 0.208. The summed E-state index contributed by atoms with van der Waals surface area (Å²) < 4.78 is 5.71. The fourth-order valence-corrected chi connectivity index (χ4v) is 4.02. The van der Waals surface area contributed by atoms with Crippen molar-refractivity contribution in [1.82, 2.24) is 5.32 Å². The van der Waals surface area contributed by atoms with E-state index < -0.39 is 0 Å². The molecule has 3 aromatic carbocycles. The van der Waals surface area contributed by atoms with E-state index in [1.165, 1.54) is 5.56 Å². The molecule has 134 valence electrons. The Morgan fingerprint density at radius 2 is 1.74 bits per heavy atom. The van der Waals surface area contributed by atoms with Crippen LogP contribution in [0.1, 0.15) is 24.0 Å². The van der Waals surface area contributed by atoms with Crippen LogP contribution < -0.4 is 5.32 Å². The van der Waals surface area contributed by atoms with Gasteiger partial charge < -0.3 is 9.73 Å². The maximum atomic E-state index is 12.6. The summed E-state index contributed by atoms with van der Waals surface area (Å²) in [6, 6.07) is 22.8. The van der Waals surface area contributed by atoms with Gasteiger partial charge in [0.2, 0.25) is 5.91 Å². The molecule has 0 spiro atoms. The van der Waals surface area contributed by atoms with E-state index in [2.05, 4.69) is 47.8 Å². The minimum absolute atomic E-state index is 0.0489. The molecule has 1 aliphatic rings. The molecule has 27 heavy (non-hydrogen) atoms. The van der Waals surface area contributed by atoms with Crippen LogP contribution in [0.2, 0.25) is 0 Å². The number of furan rings is 1. The summed E-state index contributed by atoms with van der Waals surface area (Å²) in [5, 5.41) is 6.50. The first-order valence-corrected chi connectivity index (χ1v) is 9.45. The van der Waals surface area contributed by atoms with Crippen LogP contribution in [0, 0.1) is 0 Å². The Labute approximate surface area is 158 Å². The van der Waals surface area contributed by atoms with Gasteiger partial charge >= 0.3 is 0 Å². The topological polar surface area (TPSA) is 42.2 Å². The van der Waals surface area contributed by atoms with E-state index in [-0.39, 0.29) is 11.3 Å². The average Bonchev–Trinajstić information content (AvgIpc) is 3.41. The molecule has 1 aliphatic carbocycles. The molecular weight excluding hydrogens is 334 g/mol. The van der Waals surface area contributed by atoms with Gasteiger partial charge in [0.15, 0.2) is 0 Å². The zero-order chi connectivity index (χ0) is 18.3. The second kappa shape index (κ2) is 6.27. The van der Waals surface area contributed by atoms with Crippen LogP contribution in [-0.4, -0.2) is 12.5 Å². The first kappa shape index (κ1) is 16.1. The minimum Gasteiger partial charge on any atom is -0.464 e. The predicted octanol–water partition coefficient (Wildman–Crippen LogP) is 4.98. The highest BCUT2D eigenvalue weighted by Crippen LogP contribution is 2.47. The lowest BCUT2D eigenvalue weighted by Crippen LogP contribution is -2.33. The molecule has 0 radical (unpaired) electrons. The number of rotatable bonds is 5. The third-order valence-corrected chi connectivity index (χ3v) is 5.75. The van der Waals surface area contributed by atoms with Crippen LogP contribution in [-0.2, 0) is 16.6 Å². The van der Waals surface area contributed by atoms with Gasteiger partial charge in [-0.05, 0) is 35.2 Å². The number of carbonyl (C=O) groups excluding carboxylic acids is 1. The van der Waals surface area contributed by atoms with Gasteiger partial charge in [-0.3, -0.25) is 4.79 Å². The van der Waals surface area contributed by atoms with E-state index in [4.69, 9.17) is 4.42 Å². The van der Waals surface area contributed by atoms with E-state index in [1.807, 2.05) is 24.3 Å². The molecule has 1 saturated carbocycles. The van der Waals surface area contributed by atoms with Crippen LogP contribution in [0.25, 0.3) is 21.7 Å². The fourth-order valence-electron chi connectivity index (χ4n) is 4.02. The molecule has 5 rings (SSSR count). The van der Waals surface area contributed by atoms with Crippen molar-refractivity contribution in [3.63, 3.8) is 0 Å². The second-order valence-electron chi connectivity index (χ2n) is 7.52. The third-order valence-electron chi connectivity index (χ3n) is 5.75. The second-order valence-corrected chi connectivity index (χ2v) is 7.52. The van der Waals surface area contributed by atoms with E-state index in [0.29, 0.717) is 13.0 Å². The summed E-state index contributed by atoms with van der Waals surface area (Å²) in [5.74, 6) is 0.0489. The van der Waals surface area contributed by atoms with Crippen LogP contribution in [0.5, 0.6) is 0 Å². The molecule has 1 amide bonds. The summed E-state index contributed by atoms with van der Waals surface area (Å²) >= 11 is 0. The highest BCUT2D eigenvalue weighted by Gasteiger charge is 2.44. The van der Waals surface area contributed by atoms with E-state index >= 15 is 0 Å².